The van der Waals surface area contributed by atoms with Gasteiger partial charge in [0, 0.05) is 49.8 Å². The van der Waals surface area contributed by atoms with Crippen LogP contribution in [0.5, 0.6) is 5.75 Å². The number of carboxylic acid groups (broad SMARTS) is 1. The summed E-state index contributed by atoms with van der Waals surface area (Å²) in [4.78, 5) is 29.7. The fraction of sp³-hybridized carbons (Fsp3) is 0.545. The molecular formula is C33H45FN4O5Si. The van der Waals surface area contributed by atoms with Gasteiger partial charge in [-0.2, -0.15) is 0 Å². The van der Waals surface area contributed by atoms with Gasteiger partial charge in [-0.1, -0.05) is 19.6 Å². The first-order valence-electron chi connectivity index (χ1n) is 15.8. The minimum Gasteiger partial charge on any atom is -0.493 e. The Morgan fingerprint density at radius 2 is 1.75 bits per heavy atom. The molecule has 1 aromatic carbocycles. The number of hydrogen-bond acceptors (Lipinski definition) is 5. The highest BCUT2D eigenvalue weighted by molar-refractivity contribution is 6.76. The number of ether oxygens (including phenoxy) is 2. The third kappa shape index (κ3) is 7.61. The zero-order valence-corrected chi connectivity index (χ0v) is 27.4. The largest absolute Gasteiger partial charge is 0.493 e. The lowest BCUT2D eigenvalue weighted by molar-refractivity contribution is 0.0263. The Morgan fingerprint density at radius 3 is 2.39 bits per heavy atom. The molecule has 3 N–H and O–H groups in total. The van der Waals surface area contributed by atoms with Gasteiger partial charge in [-0.3, -0.25) is 9.78 Å². The number of aromatic nitrogens is 2. The number of hydrogen-bond donors (Lipinski definition) is 3. The molecule has 238 valence electrons. The molecule has 9 nitrogen and oxygen atoms in total. The summed E-state index contributed by atoms with van der Waals surface area (Å²) in [7, 11) is -1.34. The molecule has 0 spiro atoms. The molecule has 1 atom stereocenters. The van der Waals surface area contributed by atoms with E-state index in [-0.39, 0.29) is 23.8 Å². The van der Waals surface area contributed by atoms with Crippen molar-refractivity contribution in [1.29, 1.82) is 0 Å². The second-order valence-corrected chi connectivity index (χ2v) is 19.2. The van der Waals surface area contributed by atoms with Crippen LogP contribution in [-0.4, -0.2) is 60.0 Å². The molecule has 2 fully saturated rings. The highest BCUT2D eigenvalue weighted by Crippen LogP contribution is 2.40. The molecule has 1 unspecified atom stereocenters. The topological polar surface area (TPSA) is 115 Å². The van der Waals surface area contributed by atoms with Gasteiger partial charge in [0.2, 0.25) is 0 Å². The number of benzene rings is 1. The third-order valence-corrected chi connectivity index (χ3v) is 10.4. The molecule has 11 heteroatoms. The first-order chi connectivity index (χ1) is 20.9. The highest BCUT2D eigenvalue weighted by Gasteiger charge is 2.30. The zero-order chi connectivity index (χ0) is 31.6. The molecule has 44 heavy (non-hydrogen) atoms. The Morgan fingerprint density at radius 1 is 1.07 bits per heavy atom. The Bertz CT molecular complexity index is 1510. The van der Waals surface area contributed by atoms with E-state index in [1.54, 1.807) is 12.3 Å². The molecule has 2 amide bonds. The van der Waals surface area contributed by atoms with E-state index >= 15 is 0 Å². The van der Waals surface area contributed by atoms with Crippen molar-refractivity contribution in [2.24, 2.45) is 5.92 Å². The van der Waals surface area contributed by atoms with Gasteiger partial charge < -0.3 is 29.8 Å². The van der Waals surface area contributed by atoms with E-state index in [2.05, 4.69) is 30.3 Å². The molecule has 0 aliphatic heterocycles. The quantitative estimate of drug-likeness (QED) is 0.185. The molecule has 5 rings (SSSR count). The number of fused-ring (bicyclic) bond motifs is 1. The van der Waals surface area contributed by atoms with Crippen molar-refractivity contribution in [1.82, 2.24) is 20.2 Å². The lowest BCUT2D eigenvalue weighted by Gasteiger charge is -2.29. The van der Waals surface area contributed by atoms with Crippen molar-refractivity contribution in [2.45, 2.75) is 96.4 Å². The number of pyridine rings is 1. The summed E-state index contributed by atoms with van der Waals surface area (Å²) in [6.45, 7) is 12.0. The molecule has 2 aliphatic carbocycles. The summed E-state index contributed by atoms with van der Waals surface area (Å²) in [5, 5.41) is 14.8. The standard InChI is InChI=1S/C33H45FN4O5Si/c1-20-29(32(39)36-24-9-11-25(12-10-24)37-33(40)41)30-31(38(20)21(2)42-16-17-44(3,4)5)26(14-15-35-30)27-18-23(34)8-13-28(27)43-19-22-6-7-22/h8,13-15,18,21-22,24-25,37H,6-7,9-12,16-17,19H2,1-5H3,(H,36,39)(H,40,41)/t21?,24-,25+. The number of nitrogens with one attached hydrogen (secondary N) is 2. The molecule has 3 aromatic rings. The van der Waals surface area contributed by atoms with Gasteiger partial charge in [0.1, 0.15) is 23.3 Å². The van der Waals surface area contributed by atoms with E-state index < -0.39 is 20.4 Å². The Kier molecular flexibility index (Phi) is 9.64. The van der Waals surface area contributed by atoms with Gasteiger partial charge in [0.25, 0.3) is 5.91 Å². The van der Waals surface area contributed by atoms with Crippen LogP contribution in [0.25, 0.3) is 22.2 Å². The first-order valence-corrected chi connectivity index (χ1v) is 19.5. The van der Waals surface area contributed by atoms with E-state index in [4.69, 9.17) is 19.6 Å². The normalized spacial score (nSPS) is 19.5. The van der Waals surface area contributed by atoms with E-state index in [1.165, 1.54) is 12.1 Å². The number of halogens is 1. The van der Waals surface area contributed by atoms with Crippen molar-refractivity contribution in [3.63, 3.8) is 0 Å². The Hall–Kier alpha value is -3.44. The lowest BCUT2D eigenvalue weighted by atomic mass is 9.91. The van der Waals surface area contributed by atoms with Gasteiger partial charge in [-0.15, -0.1) is 0 Å². The van der Waals surface area contributed by atoms with Gasteiger partial charge in [-0.05, 0) is 88.6 Å². The van der Waals surface area contributed by atoms with Crippen molar-refractivity contribution in [3.8, 4) is 16.9 Å². The first kappa shape index (κ1) is 32.0. The second-order valence-electron chi connectivity index (χ2n) is 13.5. The maximum absolute atomic E-state index is 14.8. The third-order valence-electron chi connectivity index (χ3n) is 8.72. The highest BCUT2D eigenvalue weighted by atomic mass is 28.3. The van der Waals surface area contributed by atoms with Crippen LogP contribution in [0.1, 0.15) is 67.7 Å². The van der Waals surface area contributed by atoms with Crippen molar-refractivity contribution in [3.05, 3.63) is 47.5 Å². The maximum atomic E-state index is 14.8. The summed E-state index contributed by atoms with van der Waals surface area (Å²) in [5.74, 6) is 0.524. The SMILES string of the molecule is Cc1c(C(=O)N[C@H]2CC[C@@H](NC(=O)O)CC2)c2nccc(-c3cc(F)ccc3OCC3CC3)c2n1C(C)OCC[Si](C)(C)C. The Balaban J connectivity index is 1.53. The Labute approximate surface area is 259 Å². The molecule has 2 aromatic heterocycles. The fourth-order valence-corrected chi connectivity index (χ4v) is 6.77. The summed E-state index contributed by atoms with van der Waals surface area (Å²) in [6.07, 6.45) is 5.18. The number of nitrogens with zero attached hydrogens (tertiary/aromatic N) is 2. The lowest BCUT2D eigenvalue weighted by Crippen LogP contribution is -2.43. The van der Waals surface area contributed by atoms with E-state index in [0.29, 0.717) is 72.7 Å². The molecule has 0 bridgehead atoms. The predicted molar refractivity (Wildman–Crippen MR) is 172 cm³/mol. The summed E-state index contributed by atoms with van der Waals surface area (Å²) < 4.78 is 29.4. The summed E-state index contributed by atoms with van der Waals surface area (Å²) in [5.41, 5.74) is 3.75. The van der Waals surface area contributed by atoms with Crippen LogP contribution in [0.3, 0.4) is 0 Å². The van der Waals surface area contributed by atoms with Gasteiger partial charge in [-0.25, -0.2) is 9.18 Å². The van der Waals surface area contributed by atoms with E-state index in [9.17, 15) is 14.0 Å². The number of amides is 2. The summed E-state index contributed by atoms with van der Waals surface area (Å²) >= 11 is 0. The van der Waals surface area contributed by atoms with Crippen LogP contribution in [0.15, 0.2) is 30.5 Å². The maximum Gasteiger partial charge on any atom is 0.404 e. The molecule has 0 saturated heterocycles. The monoisotopic (exact) mass is 624 g/mol. The predicted octanol–water partition coefficient (Wildman–Crippen LogP) is 7.12. The van der Waals surface area contributed by atoms with Crippen molar-refractivity contribution in [2.75, 3.05) is 13.2 Å². The minimum atomic E-state index is -1.34. The average Bonchev–Trinajstić information content (AvgIpc) is 3.73. The molecule has 2 aliphatic rings. The van der Waals surface area contributed by atoms with Crippen molar-refractivity contribution < 1.29 is 28.6 Å². The van der Waals surface area contributed by atoms with Gasteiger partial charge >= 0.3 is 6.09 Å². The van der Waals surface area contributed by atoms with Crippen LogP contribution in [0.4, 0.5) is 9.18 Å². The second kappa shape index (κ2) is 13.3. The van der Waals surface area contributed by atoms with Crippen LogP contribution in [0, 0.1) is 18.7 Å². The number of carbonyl (C=O) groups excluding carboxylic acids is 1. The average molecular weight is 625 g/mol. The van der Waals surface area contributed by atoms with Gasteiger partial charge in [0.15, 0.2) is 0 Å². The van der Waals surface area contributed by atoms with Crippen LogP contribution < -0.4 is 15.4 Å². The zero-order valence-electron chi connectivity index (χ0n) is 26.4. The number of carbonyl (C=O) groups is 2. The van der Waals surface area contributed by atoms with Crippen molar-refractivity contribution >= 4 is 31.1 Å². The molecular weight excluding hydrogens is 579 g/mol. The van der Waals surface area contributed by atoms with Crippen LogP contribution in [-0.2, 0) is 4.74 Å². The molecule has 2 heterocycles. The summed E-state index contributed by atoms with van der Waals surface area (Å²) in [6, 6.07) is 7.24. The van der Waals surface area contributed by atoms with Gasteiger partial charge in [0.05, 0.1) is 17.7 Å². The van der Waals surface area contributed by atoms with Crippen LogP contribution >= 0.6 is 0 Å². The molecule has 0 radical (unpaired) electrons. The van der Waals surface area contributed by atoms with E-state index in [0.717, 1.165) is 30.1 Å². The van der Waals surface area contributed by atoms with E-state index in [1.807, 2.05) is 24.5 Å². The number of rotatable bonds is 12. The smallest absolute Gasteiger partial charge is 0.404 e. The minimum absolute atomic E-state index is 0.0774. The molecule has 2 saturated carbocycles. The van der Waals surface area contributed by atoms with Crippen LogP contribution in [0.2, 0.25) is 25.7 Å². The fourth-order valence-electron chi connectivity index (χ4n) is 6.04.